The Hall–Kier alpha value is -2.88. The summed E-state index contributed by atoms with van der Waals surface area (Å²) >= 11 is 0. The van der Waals surface area contributed by atoms with Crippen LogP contribution in [0.15, 0.2) is 30.3 Å². The van der Waals surface area contributed by atoms with Crippen LogP contribution in [0.4, 0.5) is 0 Å². The highest BCUT2D eigenvalue weighted by Crippen LogP contribution is 2.22. The van der Waals surface area contributed by atoms with Gasteiger partial charge in [-0.3, -0.25) is 0 Å². The zero-order valence-electron chi connectivity index (χ0n) is 12.2. The molecule has 0 bridgehead atoms. The molecule has 4 heteroatoms. The number of carboxylic acid groups (broad SMARTS) is 2. The minimum Gasteiger partial charge on any atom is -0.478 e. The Labute approximate surface area is 127 Å². The first-order valence-corrected chi connectivity index (χ1v) is 6.77. The molecule has 0 unspecified atom stereocenters. The predicted molar refractivity (Wildman–Crippen MR) is 85.5 cm³/mol. The first-order valence-electron chi connectivity index (χ1n) is 6.77. The van der Waals surface area contributed by atoms with Gasteiger partial charge in [0.25, 0.3) is 0 Å². The topological polar surface area (TPSA) is 74.6 Å². The number of aromatic carboxylic acids is 2. The maximum Gasteiger partial charge on any atom is 0.336 e. The summed E-state index contributed by atoms with van der Waals surface area (Å²) in [5, 5.41) is 19.1. The van der Waals surface area contributed by atoms with Gasteiger partial charge >= 0.3 is 11.9 Å². The lowest BCUT2D eigenvalue weighted by Gasteiger charge is -2.11. The highest BCUT2D eigenvalue weighted by molar-refractivity contribution is 5.90. The minimum absolute atomic E-state index is 0.119. The molecule has 0 saturated carbocycles. The van der Waals surface area contributed by atoms with Gasteiger partial charge in [-0.05, 0) is 51.7 Å². The van der Waals surface area contributed by atoms with Gasteiger partial charge in [0.05, 0.1) is 11.1 Å². The van der Waals surface area contributed by atoms with Gasteiger partial charge in [-0.25, -0.2) is 9.59 Å². The zero-order chi connectivity index (χ0) is 16.4. The molecule has 0 aromatic heterocycles. The number of carbonyl (C=O) groups is 2. The van der Waals surface area contributed by atoms with Crippen LogP contribution in [0.5, 0.6) is 0 Å². The van der Waals surface area contributed by atoms with Crippen LogP contribution in [0.2, 0.25) is 0 Å². The summed E-state index contributed by atoms with van der Waals surface area (Å²) in [6, 6.07) is 8.08. The average molecular weight is 296 g/mol. The Kier molecular flexibility index (Phi) is 4.13. The molecule has 112 valence electrons. The Bertz CT molecular complexity index is 865. The summed E-state index contributed by atoms with van der Waals surface area (Å²) in [6.07, 6.45) is 0.656. The SMILES string of the molecule is C=c1c(C(=O)O)ccc(-c2ccc(C(=O)O)cc2CC)c1=C. The van der Waals surface area contributed by atoms with E-state index in [1.807, 2.05) is 6.92 Å². The van der Waals surface area contributed by atoms with Crippen molar-refractivity contribution in [2.24, 2.45) is 0 Å². The molecule has 2 aromatic rings. The van der Waals surface area contributed by atoms with E-state index in [-0.39, 0.29) is 11.1 Å². The summed E-state index contributed by atoms with van der Waals surface area (Å²) in [4.78, 5) is 22.2. The molecule has 0 spiro atoms. The third-order valence-corrected chi connectivity index (χ3v) is 3.68. The summed E-state index contributed by atoms with van der Waals surface area (Å²) in [5.41, 5.74) is 2.83. The van der Waals surface area contributed by atoms with E-state index in [1.54, 1.807) is 18.2 Å². The van der Waals surface area contributed by atoms with Crippen molar-refractivity contribution in [3.63, 3.8) is 0 Å². The lowest BCUT2D eigenvalue weighted by Crippen LogP contribution is -2.30. The molecular formula is C18H16O4. The second kappa shape index (κ2) is 5.85. The average Bonchev–Trinajstić information content (AvgIpc) is 2.49. The predicted octanol–water partition coefficient (Wildman–Crippen LogP) is 2.13. The van der Waals surface area contributed by atoms with Crippen molar-refractivity contribution in [3.8, 4) is 11.1 Å². The molecule has 0 heterocycles. The number of benzene rings is 2. The van der Waals surface area contributed by atoms with E-state index in [9.17, 15) is 9.59 Å². The first-order chi connectivity index (χ1) is 10.4. The van der Waals surface area contributed by atoms with Gasteiger partial charge in [-0.1, -0.05) is 32.2 Å². The number of rotatable bonds is 4. The Balaban J connectivity index is 2.70. The fraction of sp³-hybridized carbons (Fsp3) is 0.111. The molecule has 0 aliphatic heterocycles. The molecule has 0 saturated heterocycles. The van der Waals surface area contributed by atoms with Crippen molar-refractivity contribution < 1.29 is 19.8 Å². The van der Waals surface area contributed by atoms with Crippen molar-refractivity contribution in [1.82, 2.24) is 0 Å². The monoisotopic (exact) mass is 296 g/mol. The van der Waals surface area contributed by atoms with Crippen LogP contribution in [-0.2, 0) is 6.42 Å². The van der Waals surface area contributed by atoms with Gasteiger partial charge in [0.2, 0.25) is 0 Å². The van der Waals surface area contributed by atoms with E-state index in [4.69, 9.17) is 10.2 Å². The zero-order valence-corrected chi connectivity index (χ0v) is 12.2. The number of hydrogen-bond donors (Lipinski definition) is 2. The maximum atomic E-state index is 11.1. The van der Waals surface area contributed by atoms with Crippen molar-refractivity contribution >= 4 is 25.1 Å². The van der Waals surface area contributed by atoms with Gasteiger partial charge in [0.15, 0.2) is 0 Å². The molecule has 0 aliphatic rings. The largest absolute Gasteiger partial charge is 0.478 e. The van der Waals surface area contributed by atoms with Crippen LogP contribution in [0.3, 0.4) is 0 Å². The number of aryl methyl sites for hydroxylation is 1. The highest BCUT2D eigenvalue weighted by atomic mass is 16.4. The number of hydrogen-bond acceptors (Lipinski definition) is 2. The van der Waals surface area contributed by atoms with Gasteiger partial charge < -0.3 is 10.2 Å². The maximum absolute atomic E-state index is 11.1. The summed E-state index contributed by atoms with van der Waals surface area (Å²) in [6.45, 7) is 9.66. The normalized spacial score (nSPS) is 10.4. The molecule has 0 aliphatic carbocycles. The molecular weight excluding hydrogens is 280 g/mol. The summed E-state index contributed by atoms with van der Waals surface area (Å²) in [5.74, 6) is -2.02. The highest BCUT2D eigenvalue weighted by Gasteiger charge is 2.12. The van der Waals surface area contributed by atoms with Crippen molar-refractivity contribution in [2.45, 2.75) is 13.3 Å². The molecule has 2 N–H and O–H groups in total. The van der Waals surface area contributed by atoms with Crippen LogP contribution >= 0.6 is 0 Å². The molecule has 2 rings (SSSR count). The van der Waals surface area contributed by atoms with Crippen LogP contribution in [0.1, 0.15) is 33.2 Å². The molecule has 2 aromatic carbocycles. The van der Waals surface area contributed by atoms with Gasteiger partial charge in [0.1, 0.15) is 0 Å². The van der Waals surface area contributed by atoms with Crippen LogP contribution < -0.4 is 10.4 Å². The molecule has 0 fully saturated rings. The van der Waals surface area contributed by atoms with E-state index in [0.717, 1.165) is 16.7 Å². The fourth-order valence-electron chi connectivity index (χ4n) is 2.43. The van der Waals surface area contributed by atoms with E-state index >= 15 is 0 Å². The van der Waals surface area contributed by atoms with E-state index in [1.165, 1.54) is 12.1 Å². The Morgan fingerprint density at radius 3 is 2.14 bits per heavy atom. The third-order valence-electron chi connectivity index (χ3n) is 3.68. The lowest BCUT2D eigenvalue weighted by molar-refractivity contribution is 0.0685. The smallest absolute Gasteiger partial charge is 0.336 e. The van der Waals surface area contributed by atoms with Gasteiger partial charge in [0, 0.05) is 0 Å². The molecule has 22 heavy (non-hydrogen) atoms. The minimum atomic E-state index is -1.04. The number of carboxylic acids is 2. The van der Waals surface area contributed by atoms with E-state index in [0.29, 0.717) is 16.9 Å². The van der Waals surface area contributed by atoms with Crippen LogP contribution in [0, 0.1) is 0 Å². The molecule has 0 radical (unpaired) electrons. The summed E-state index contributed by atoms with van der Waals surface area (Å²) in [7, 11) is 0. The fourth-order valence-corrected chi connectivity index (χ4v) is 2.43. The van der Waals surface area contributed by atoms with Crippen molar-refractivity contribution in [3.05, 3.63) is 57.5 Å². The molecule has 0 amide bonds. The second-order valence-corrected chi connectivity index (χ2v) is 4.95. The second-order valence-electron chi connectivity index (χ2n) is 4.95. The van der Waals surface area contributed by atoms with Crippen LogP contribution in [-0.4, -0.2) is 22.2 Å². The van der Waals surface area contributed by atoms with E-state index in [2.05, 4.69) is 13.2 Å². The van der Waals surface area contributed by atoms with Gasteiger partial charge in [-0.15, -0.1) is 0 Å². The molecule has 0 atom stereocenters. The molecule has 4 nitrogen and oxygen atoms in total. The summed E-state index contributed by atoms with van der Waals surface area (Å²) < 4.78 is 0. The standard InChI is InChI=1S/C18H16O4/c1-4-12-9-13(17(19)20)5-6-16(12)14-7-8-15(18(21)22)11(3)10(14)2/h5-9H,2-4H2,1H3,(H,19,20)(H,21,22). The first kappa shape index (κ1) is 15.5. The van der Waals surface area contributed by atoms with Crippen molar-refractivity contribution in [1.29, 1.82) is 0 Å². The Morgan fingerprint density at radius 2 is 1.59 bits per heavy atom. The van der Waals surface area contributed by atoms with E-state index < -0.39 is 11.9 Å². The van der Waals surface area contributed by atoms with Gasteiger partial charge in [-0.2, -0.15) is 0 Å². The van der Waals surface area contributed by atoms with Crippen LogP contribution in [0.25, 0.3) is 24.3 Å². The quantitative estimate of drug-likeness (QED) is 0.906. The Morgan fingerprint density at radius 1 is 0.955 bits per heavy atom. The van der Waals surface area contributed by atoms with Crippen molar-refractivity contribution in [2.75, 3.05) is 0 Å². The third kappa shape index (κ3) is 2.63. The lowest BCUT2D eigenvalue weighted by atomic mass is 9.93.